The van der Waals surface area contributed by atoms with Crippen molar-refractivity contribution >= 4 is 28.2 Å². The zero-order valence-corrected chi connectivity index (χ0v) is 14.0. The van der Waals surface area contributed by atoms with Crippen molar-refractivity contribution in [2.45, 2.75) is 19.8 Å². The number of halogens is 1. The normalized spacial score (nSPS) is 14.7. The highest BCUT2D eigenvalue weighted by Crippen LogP contribution is 2.35. The second-order valence-electron chi connectivity index (χ2n) is 6.14. The fourth-order valence-corrected chi connectivity index (χ4v) is 3.06. The maximum atomic E-state index is 14.5. The van der Waals surface area contributed by atoms with E-state index in [1.807, 2.05) is 4.90 Å². The zero-order valence-electron chi connectivity index (χ0n) is 14.0. The maximum absolute atomic E-state index is 14.5. The van der Waals surface area contributed by atoms with Gasteiger partial charge in [-0.1, -0.05) is 5.16 Å². The number of Topliss-reactive ketones (excluding diaryl/α,β-unsaturated/α-hetero) is 1. The second kappa shape index (κ2) is 6.19. The molecule has 0 amide bonds. The first-order valence-corrected chi connectivity index (χ1v) is 8.14. The van der Waals surface area contributed by atoms with Crippen molar-refractivity contribution in [1.29, 1.82) is 0 Å². The number of nitrogens with zero attached hydrogens (tertiary/aromatic N) is 5. The van der Waals surface area contributed by atoms with Crippen LogP contribution < -0.4 is 4.90 Å². The van der Waals surface area contributed by atoms with Crippen LogP contribution in [0, 0.1) is 19.3 Å². The van der Waals surface area contributed by atoms with Gasteiger partial charge in [0.1, 0.15) is 22.9 Å². The molecule has 0 radical (unpaired) electrons. The molecular formula is C18H14FN5O2. The van der Waals surface area contributed by atoms with E-state index in [4.69, 9.17) is 11.1 Å². The molecule has 1 aliphatic rings. The van der Waals surface area contributed by atoms with E-state index in [9.17, 15) is 9.18 Å². The van der Waals surface area contributed by atoms with Crippen LogP contribution in [0.25, 0.3) is 27.2 Å². The first kappa shape index (κ1) is 16.1. The number of anilines is 1. The molecule has 1 aromatic carbocycles. The molecule has 26 heavy (non-hydrogen) atoms. The molecule has 130 valence electrons. The van der Waals surface area contributed by atoms with Crippen molar-refractivity contribution in [3.63, 3.8) is 0 Å². The van der Waals surface area contributed by atoms with E-state index >= 15 is 0 Å². The Bertz CT molecular complexity index is 1060. The molecule has 4 rings (SSSR count). The predicted molar refractivity (Wildman–Crippen MR) is 92.4 cm³/mol. The largest absolute Gasteiger partial charge is 0.355 e. The molecule has 8 heteroatoms. The number of ketones is 1. The highest BCUT2D eigenvalue weighted by atomic mass is 19.1. The molecule has 1 saturated heterocycles. The topological polar surface area (TPSA) is 76.5 Å². The van der Waals surface area contributed by atoms with Gasteiger partial charge in [0.2, 0.25) is 0 Å². The van der Waals surface area contributed by atoms with Crippen molar-refractivity contribution in [2.24, 2.45) is 0 Å². The molecule has 3 heterocycles. The minimum Gasteiger partial charge on any atom is -0.355 e. The molecule has 1 fully saturated rings. The quantitative estimate of drug-likeness (QED) is 0.658. The van der Waals surface area contributed by atoms with Gasteiger partial charge in [-0.3, -0.25) is 4.79 Å². The summed E-state index contributed by atoms with van der Waals surface area (Å²) in [5.41, 5.74) is 0.930. The third-order valence-corrected chi connectivity index (χ3v) is 4.34. The van der Waals surface area contributed by atoms with Crippen LogP contribution in [0.1, 0.15) is 18.7 Å². The van der Waals surface area contributed by atoms with Crippen LogP contribution in [0.2, 0.25) is 0 Å². The number of benzene rings is 1. The molecule has 0 spiro atoms. The third-order valence-electron chi connectivity index (χ3n) is 4.34. The van der Waals surface area contributed by atoms with Gasteiger partial charge in [-0.15, -0.1) is 0 Å². The Hall–Kier alpha value is -3.34. The Labute approximate surface area is 148 Å². The van der Waals surface area contributed by atoms with Crippen LogP contribution in [0.3, 0.4) is 0 Å². The number of aromatic nitrogens is 3. The Balaban J connectivity index is 1.94. The van der Waals surface area contributed by atoms with Crippen molar-refractivity contribution in [3.8, 4) is 11.5 Å². The van der Waals surface area contributed by atoms with Gasteiger partial charge in [0, 0.05) is 25.9 Å². The number of hydrogen-bond acceptors (Lipinski definition) is 6. The van der Waals surface area contributed by atoms with Crippen LogP contribution >= 0.6 is 0 Å². The monoisotopic (exact) mass is 351 g/mol. The molecule has 0 N–H and O–H groups in total. The minimum absolute atomic E-state index is 0.171. The number of carbonyl (C=O) groups is 1. The molecule has 2 aromatic heterocycles. The fourth-order valence-electron chi connectivity index (χ4n) is 3.06. The lowest BCUT2D eigenvalue weighted by molar-refractivity contribution is -0.119. The number of pyridine rings is 1. The summed E-state index contributed by atoms with van der Waals surface area (Å²) in [6.45, 7) is 9.82. The van der Waals surface area contributed by atoms with Crippen molar-refractivity contribution in [3.05, 3.63) is 41.3 Å². The number of carbonyl (C=O) groups excluding carboxylic acids is 1. The molecular weight excluding hydrogens is 337 g/mol. The average molecular weight is 351 g/mol. The SMILES string of the molecule is [C-]#[N+]c1cc(F)c2nc(N3CCC(=O)CC3)c(-c3nc(C)no3)cc2c1. The van der Waals surface area contributed by atoms with Crippen LogP contribution in [0.5, 0.6) is 0 Å². The van der Waals surface area contributed by atoms with Gasteiger partial charge in [-0.25, -0.2) is 14.2 Å². The van der Waals surface area contributed by atoms with E-state index in [0.29, 0.717) is 48.5 Å². The van der Waals surface area contributed by atoms with Crippen LogP contribution in [-0.2, 0) is 4.79 Å². The van der Waals surface area contributed by atoms with E-state index in [0.717, 1.165) is 0 Å². The lowest BCUT2D eigenvalue weighted by Crippen LogP contribution is -2.34. The molecule has 0 atom stereocenters. The third kappa shape index (κ3) is 2.77. The highest BCUT2D eigenvalue weighted by molar-refractivity contribution is 5.91. The number of aryl methyl sites for hydroxylation is 1. The summed E-state index contributed by atoms with van der Waals surface area (Å²) in [5, 5.41) is 4.30. The minimum atomic E-state index is -0.559. The van der Waals surface area contributed by atoms with Gasteiger partial charge in [0.05, 0.1) is 12.1 Å². The molecule has 0 unspecified atom stereocenters. The fraction of sp³-hybridized carbons (Fsp3) is 0.278. The van der Waals surface area contributed by atoms with E-state index in [1.165, 1.54) is 6.07 Å². The van der Waals surface area contributed by atoms with Crippen LogP contribution in [0.4, 0.5) is 15.9 Å². The number of hydrogen-bond donors (Lipinski definition) is 0. The molecule has 3 aromatic rings. The van der Waals surface area contributed by atoms with E-state index in [1.54, 1.807) is 19.1 Å². The van der Waals surface area contributed by atoms with Crippen LogP contribution in [-0.4, -0.2) is 34.0 Å². The van der Waals surface area contributed by atoms with Gasteiger partial charge in [0.25, 0.3) is 5.89 Å². The predicted octanol–water partition coefficient (Wildman–Crippen LogP) is 3.45. The average Bonchev–Trinajstić information content (AvgIpc) is 3.07. The first-order valence-electron chi connectivity index (χ1n) is 8.14. The van der Waals surface area contributed by atoms with Crippen LogP contribution in [0.15, 0.2) is 22.7 Å². The smallest absolute Gasteiger partial charge is 0.261 e. The standard InChI is InChI=1S/C18H14FN5O2/c1-10-21-18(26-23-10)14-8-11-7-12(20-2)9-15(19)16(11)22-17(14)24-5-3-13(25)4-6-24/h7-9H,3-6H2,1H3. The second-order valence-corrected chi connectivity index (χ2v) is 6.14. The van der Waals surface area contributed by atoms with Gasteiger partial charge >= 0.3 is 0 Å². The van der Waals surface area contributed by atoms with Gasteiger partial charge in [-0.05, 0) is 30.5 Å². The molecule has 0 saturated carbocycles. The lowest BCUT2D eigenvalue weighted by atomic mass is 10.1. The summed E-state index contributed by atoms with van der Waals surface area (Å²) < 4.78 is 19.7. The van der Waals surface area contributed by atoms with E-state index < -0.39 is 5.82 Å². The van der Waals surface area contributed by atoms with Gasteiger partial charge < -0.3 is 9.42 Å². The highest BCUT2D eigenvalue weighted by Gasteiger charge is 2.24. The summed E-state index contributed by atoms with van der Waals surface area (Å²) in [6.07, 6.45) is 0.836. The molecule has 7 nitrogen and oxygen atoms in total. The number of rotatable bonds is 2. The Morgan fingerprint density at radius 2 is 2.00 bits per heavy atom. The Morgan fingerprint density at radius 1 is 1.23 bits per heavy atom. The number of piperidine rings is 1. The summed E-state index contributed by atoms with van der Waals surface area (Å²) in [7, 11) is 0. The van der Waals surface area contributed by atoms with Crippen molar-refractivity contribution in [1.82, 2.24) is 15.1 Å². The van der Waals surface area contributed by atoms with Gasteiger partial charge in [0.15, 0.2) is 11.5 Å². The molecule has 0 aliphatic carbocycles. The summed E-state index contributed by atoms with van der Waals surface area (Å²) in [5.74, 6) is 0.891. The summed E-state index contributed by atoms with van der Waals surface area (Å²) in [4.78, 5) is 25.5. The zero-order chi connectivity index (χ0) is 18.3. The van der Waals surface area contributed by atoms with Crippen molar-refractivity contribution in [2.75, 3.05) is 18.0 Å². The Kier molecular flexibility index (Phi) is 3.84. The molecule has 1 aliphatic heterocycles. The number of fused-ring (bicyclic) bond motifs is 1. The van der Waals surface area contributed by atoms with Crippen molar-refractivity contribution < 1.29 is 13.7 Å². The maximum Gasteiger partial charge on any atom is 0.261 e. The molecule has 0 bridgehead atoms. The Morgan fingerprint density at radius 3 is 2.65 bits per heavy atom. The lowest BCUT2D eigenvalue weighted by Gasteiger charge is -2.28. The van der Waals surface area contributed by atoms with E-state index in [2.05, 4.69) is 20.0 Å². The first-order chi connectivity index (χ1) is 12.5. The van der Waals surface area contributed by atoms with E-state index in [-0.39, 0.29) is 22.9 Å². The van der Waals surface area contributed by atoms with Gasteiger partial charge in [-0.2, -0.15) is 4.98 Å². The summed E-state index contributed by atoms with van der Waals surface area (Å²) >= 11 is 0. The summed E-state index contributed by atoms with van der Waals surface area (Å²) in [6, 6.07) is 4.45.